The number of hydrogen-bond acceptors (Lipinski definition) is 5. The number of nitrogen functional groups attached to an aromatic ring is 1. The van der Waals surface area contributed by atoms with E-state index >= 15 is 0 Å². The monoisotopic (exact) mass is 209 g/mol. The highest BCUT2D eigenvalue weighted by Crippen LogP contribution is 2.18. The van der Waals surface area contributed by atoms with Crippen molar-refractivity contribution in [3.63, 3.8) is 0 Å². The Morgan fingerprint density at radius 2 is 2.43 bits per heavy atom. The summed E-state index contributed by atoms with van der Waals surface area (Å²) in [7, 11) is 0. The zero-order valence-corrected chi connectivity index (χ0v) is 8.66. The topological polar surface area (TPSA) is 69.6 Å². The molecule has 2 rings (SSSR count). The third-order valence-corrected chi connectivity index (χ3v) is 2.37. The van der Waals surface area contributed by atoms with Crippen LogP contribution < -0.4 is 5.73 Å². The Morgan fingerprint density at radius 1 is 1.57 bits per heavy atom. The fourth-order valence-electron chi connectivity index (χ4n) is 1.25. The molecule has 14 heavy (non-hydrogen) atoms. The number of hydrogen-bond donors (Lipinski definition) is 1. The van der Waals surface area contributed by atoms with Crippen molar-refractivity contribution >= 4 is 16.7 Å². The Labute approximate surface area is 85.8 Å². The van der Waals surface area contributed by atoms with E-state index < -0.39 is 0 Å². The van der Waals surface area contributed by atoms with E-state index in [2.05, 4.69) is 21.4 Å². The number of aryl methyl sites for hydroxylation is 1. The Morgan fingerprint density at radius 3 is 3.07 bits per heavy atom. The normalized spacial score (nSPS) is 10.6. The molecule has 0 saturated carbocycles. The third-order valence-electron chi connectivity index (χ3n) is 1.82. The smallest absolute Gasteiger partial charge is 0.200 e. The van der Waals surface area contributed by atoms with Crippen LogP contribution in [0.5, 0.6) is 0 Å². The van der Waals surface area contributed by atoms with Crippen LogP contribution in [-0.4, -0.2) is 19.1 Å². The molecule has 2 heterocycles. The van der Waals surface area contributed by atoms with Crippen molar-refractivity contribution in [1.82, 2.24) is 19.1 Å². The second-order valence-electron chi connectivity index (χ2n) is 2.90. The number of aromatic nitrogens is 4. The Bertz CT molecular complexity index is 419. The molecule has 0 saturated heterocycles. The number of anilines is 1. The maximum absolute atomic E-state index is 5.52. The van der Waals surface area contributed by atoms with Gasteiger partial charge in [0.15, 0.2) is 11.0 Å². The second kappa shape index (κ2) is 3.75. The lowest BCUT2D eigenvalue weighted by molar-refractivity contribution is 0.607. The van der Waals surface area contributed by atoms with Crippen molar-refractivity contribution in [2.45, 2.75) is 19.9 Å². The van der Waals surface area contributed by atoms with Gasteiger partial charge in [-0.05, 0) is 12.5 Å². The molecule has 0 aliphatic rings. The first kappa shape index (κ1) is 9.14. The van der Waals surface area contributed by atoms with Gasteiger partial charge in [0.25, 0.3) is 0 Å². The lowest BCUT2D eigenvalue weighted by Gasteiger charge is -2.01. The molecule has 6 heteroatoms. The molecule has 0 radical (unpaired) electrons. The van der Waals surface area contributed by atoms with Gasteiger partial charge in [-0.25, -0.2) is 0 Å². The minimum absolute atomic E-state index is 0.490. The van der Waals surface area contributed by atoms with Gasteiger partial charge in [0.05, 0.1) is 0 Å². The molecule has 2 aromatic rings. The molecule has 0 bridgehead atoms. The average molecular weight is 209 g/mol. The van der Waals surface area contributed by atoms with Crippen LogP contribution in [0.3, 0.4) is 0 Å². The summed E-state index contributed by atoms with van der Waals surface area (Å²) in [4.78, 5) is 4.12. The van der Waals surface area contributed by atoms with Gasteiger partial charge in [0.1, 0.15) is 5.69 Å². The van der Waals surface area contributed by atoms with Crippen LogP contribution in [0.1, 0.15) is 13.3 Å². The van der Waals surface area contributed by atoms with Gasteiger partial charge in [0, 0.05) is 24.3 Å². The van der Waals surface area contributed by atoms with Gasteiger partial charge in [-0.1, -0.05) is 6.92 Å². The molecule has 0 aliphatic heterocycles. The molecule has 0 aromatic carbocycles. The lowest BCUT2D eigenvalue weighted by Crippen LogP contribution is -2.01. The van der Waals surface area contributed by atoms with Crippen molar-refractivity contribution in [1.29, 1.82) is 0 Å². The average Bonchev–Trinajstić information content (AvgIpc) is 2.74. The number of nitrogens with two attached hydrogens (primary N) is 1. The molecule has 0 amide bonds. The van der Waals surface area contributed by atoms with E-state index in [9.17, 15) is 0 Å². The van der Waals surface area contributed by atoms with Gasteiger partial charge in [0.2, 0.25) is 0 Å². The van der Waals surface area contributed by atoms with Crippen molar-refractivity contribution in [3.8, 4) is 11.5 Å². The van der Waals surface area contributed by atoms with Crippen LogP contribution in [0.15, 0.2) is 12.3 Å². The van der Waals surface area contributed by atoms with E-state index in [-0.39, 0.29) is 0 Å². The van der Waals surface area contributed by atoms with Crippen LogP contribution in [0.2, 0.25) is 0 Å². The molecular weight excluding hydrogens is 198 g/mol. The molecule has 0 unspecified atom stereocenters. The first-order valence-corrected chi connectivity index (χ1v) is 5.20. The van der Waals surface area contributed by atoms with Crippen molar-refractivity contribution in [2.24, 2.45) is 0 Å². The summed E-state index contributed by atoms with van der Waals surface area (Å²) in [6.07, 6.45) is 2.79. The van der Waals surface area contributed by atoms with Gasteiger partial charge in [-0.2, -0.15) is 14.5 Å². The summed E-state index contributed by atoms with van der Waals surface area (Å²) < 4.78 is 6.04. The quantitative estimate of drug-likeness (QED) is 0.829. The van der Waals surface area contributed by atoms with Gasteiger partial charge in [-0.3, -0.25) is 4.68 Å². The van der Waals surface area contributed by atoms with Crippen LogP contribution in [0.4, 0.5) is 5.13 Å². The van der Waals surface area contributed by atoms with Crippen molar-refractivity contribution in [2.75, 3.05) is 5.73 Å². The molecule has 0 fully saturated rings. The molecule has 74 valence electrons. The summed E-state index contributed by atoms with van der Waals surface area (Å²) in [5.41, 5.74) is 6.45. The van der Waals surface area contributed by atoms with E-state index in [1.165, 1.54) is 11.5 Å². The van der Waals surface area contributed by atoms with E-state index in [1.54, 1.807) is 6.20 Å². The fraction of sp³-hybridized carbons (Fsp3) is 0.375. The summed E-state index contributed by atoms with van der Waals surface area (Å²) in [6.45, 7) is 2.98. The Hall–Kier alpha value is -1.43. The summed E-state index contributed by atoms with van der Waals surface area (Å²) in [6, 6.07) is 1.90. The zero-order chi connectivity index (χ0) is 9.97. The first-order valence-electron chi connectivity index (χ1n) is 4.42. The largest absolute Gasteiger partial charge is 0.374 e. The van der Waals surface area contributed by atoms with Crippen LogP contribution >= 0.6 is 11.5 Å². The standard InChI is InChI=1S/C8H11N5S/c1-2-5-13-6(3-4-10-13)7-11-8(9)14-12-7/h3-4H,2,5H2,1H3,(H2,9,11,12). The summed E-state index contributed by atoms with van der Waals surface area (Å²) >= 11 is 1.20. The second-order valence-corrected chi connectivity index (χ2v) is 3.68. The van der Waals surface area contributed by atoms with E-state index in [1.807, 2.05) is 10.7 Å². The summed E-state index contributed by atoms with van der Waals surface area (Å²) in [5.74, 6) is 0.665. The minimum Gasteiger partial charge on any atom is -0.374 e. The van der Waals surface area contributed by atoms with Crippen LogP contribution in [0, 0.1) is 0 Å². The SMILES string of the molecule is CCCn1nccc1-c1nsc(N)n1. The minimum atomic E-state index is 0.490. The first-order chi connectivity index (χ1) is 6.81. The lowest BCUT2D eigenvalue weighted by atomic mass is 10.4. The fourth-order valence-corrected chi connectivity index (χ4v) is 1.69. The molecule has 5 nitrogen and oxygen atoms in total. The predicted octanol–water partition coefficient (Wildman–Crippen LogP) is 1.39. The Balaban J connectivity index is 2.36. The Kier molecular flexibility index (Phi) is 2.45. The summed E-state index contributed by atoms with van der Waals surface area (Å²) in [5, 5.41) is 4.68. The van der Waals surface area contributed by atoms with Crippen molar-refractivity contribution in [3.05, 3.63) is 12.3 Å². The van der Waals surface area contributed by atoms with Crippen molar-refractivity contribution < 1.29 is 0 Å². The molecule has 0 spiro atoms. The number of nitrogens with zero attached hydrogens (tertiary/aromatic N) is 4. The van der Waals surface area contributed by atoms with E-state index in [4.69, 9.17) is 5.73 Å². The molecule has 2 N–H and O–H groups in total. The van der Waals surface area contributed by atoms with Gasteiger partial charge >= 0.3 is 0 Å². The maximum atomic E-state index is 5.52. The van der Waals surface area contributed by atoms with E-state index in [0.29, 0.717) is 11.0 Å². The van der Waals surface area contributed by atoms with E-state index in [0.717, 1.165) is 18.7 Å². The highest BCUT2D eigenvalue weighted by atomic mass is 32.1. The van der Waals surface area contributed by atoms with Crippen LogP contribution in [0.25, 0.3) is 11.5 Å². The highest BCUT2D eigenvalue weighted by Gasteiger charge is 2.09. The predicted molar refractivity (Wildman–Crippen MR) is 55.8 cm³/mol. The van der Waals surface area contributed by atoms with Crippen LogP contribution in [-0.2, 0) is 6.54 Å². The third kappa shape index (κ3) is 1.60. The highest BCUT2D eigenvalue weighted by molar-refractivity contribution is 7.09. The molecule has 2 aromatic heterocycles. The zero-order valence-electron chi connectivity index (χ0n) is 7.84. The van der Waals surface area contributed by atoms with Gasteiger partial charge in [-0.15, -0.1) is 0 Å². The molecular formula is C8H11N5S. The maximum Gasteiger partial charge on any atom is 0.200 e. The molecule has 0 aliphatic carbocycles. The number of rotatable bonds is 3. The molecule has 0 atom stereocenters. The van der Waals surface area contributed by atoms with Gasteiger partial charge < -0.3 is 5.73 Å².